The van der Waals surface area contributed by atoms with Gasteiger partial charge in [0.1, 0.15) is 66.2 Å². The summed E-state index contributed by atoms with van der Waals surface area (Å²) in [5.74, 6) is 5.16. The molecule has 8 N–H and O–H groups in total. The number of fused-ring (bicyclic) bond motifs is 3. The van der Waals surface area contributed by atoms with Crippen LogP contribution in [0.15, 0.2) is 267 Å². The average molecular weight is 1810 g/mol. The smallest absolute Gasteiger partial charge is 0.325 e. The second kappa shape index (κ2) is 46.1. The fourth-order valence-corrected chi connectivity index (χ4v) is 14.4. The van der Waals surface area contributed by atoms with Crippen molar-refractivity contribution in [3.8, 4) is 45.9 Å². The predicted molar refractivity (Wildman–Crippen MR) is 483 cm³/mol. The topological polar surface area (TPSA) is 482 Å². The number of aromatic hydroxyl groups is 1. The Hall–Kier alpha value is -15.2. The van der Waals surface area contributed by atoms with Crippen molar-refractivity contribution in [2.75, 3.05) is 63.9 Å². The second-order valence-electron chi connectivity index (χ2n) is 27.8. The molecular weight excluding hydrogens is 1720 g/mol. The Bertz CT molecular complexity index is 6210. The Morgan fingerprint density at radius 2 is 1.36 bits per heavy atom. The van der Waals surface area contributed by atoms with Crippen LogP contribution < -0.4 is 51.5 Å². The van der Waals surface area contributed by atoms with Crippen LogP contribution in [0.3, 0.4) is 0 Å². The van der Waals surface area contributed by atoms with Crippen molar-refractivity contribution < 1.29 is 84.9 Å². The molecule has 3 aliphatic rings. The number of nitrogens with one attached hydrogen (secondary N) is 6. The number of carbonyl (C=O) groups is 5. The molecule has 14 aromatic rings. The number of aliphatic carboxylic acids is 1. The van der Waals surface area contributed by atoms with Gasteiger partial charge in [-0.1, -0.05) is 72.4 Å². The minimum absolute atomic E-state index is 0.0432. The number of phenols is 1. The van der Waals surface area contributed by atoms with Crippen LogP contribution in [0.4, 0.5) is 17.2 Å². The lowest BCUT2D eigenvalue weighted by Gasteiger charge is -2.15. The molecule has 0 spiro atoms. The van der Waals surface area contributed by atoms with E-state index in [0.29, 0.717) is 129 Å². The van der Waals surface area contributed by atoms with Crippen LogP contribution >= 0.6 is 35.7 Å². The fraction of sp³-hybridized carbons (Fsp3) is 0.202. The van der Waals surface area contributed by atoms with Gasteiger partial charge in [0.25, 0.3) is 29.1 Å². The van der Waals surface area contributed by atoms with Gasteiger partial charge in [-0.05, 0) is 170 Å². The lowest BCUT2D eigenvalue weighted by molar-refractivity contribution is -0.384. The number of nitro groups is 1. The number of furan rings is 4. The number of amides is 4. The molecule has 3 saturated heterocycles. The number of aromatic nitrogens is 7. The van der Waals surface area contributed by atoms with Gasteiger partial charge in [-0.15, -0.1) is 22.0 Å². The number of pyridine rings is 1. The van der Waals surface area contributed by atoms with Crippen molar-refractivity contribution in [1.82, 2.24) is 61.5 Å². The molecule has 4 atom stereocenters. The summed E-state index contributed by atoms with van der Waals surface area (Å²) in [5.41, 5.74) is 12.5. The van der Waals surface area contributed by atoms with Crippen molar-refractivity contribution in [2.24, 2.45) is 10.2 Å². The molecule has 0 bridgehead atoms. The van der Waals surface area contributed by atoms with Gasteiger partial charge in [-0.3, -0.25) is 43.8 Å². The fourth-order valence-electron chi connectivity index (χ4n) is 12.5. The molecule has 129 heavy (non-hydrogen) atoms. The largest absolute Gasteiger partial charge is 0.508 e. The number of thiocarbonyl (C=S) groups is 1. The Kier molecular flexibility index (Phi) is 33.2. The number of hydrazone groups is 2. The van der Waals surface area contributed by atoms with Crippen LogP contribution in [0.5, 0.6) is 23.0 Å². The average Bonchev–Trinajstić information content (AvgIpc) is 1.78. The maximum atomic E-state index is 12.5. The first-order valence-corrected chi connectivity index (χ1v) is 41.9. The number of aryl methyl sites for hydroxylation is 2. The molecule has 11 heterocycles. The van der Waals surface area contributed by atoms with E-state index in [9.17, 15) is 44.0 Å². The predicted octanol–water partition coefficient (Wildman–Crippen LogP) is 13.0. The highest BCUT2D eigenvalue weighted by Crippen LogP contribution is 2.36. The van der Waals surface area contributed by atoms with Gasteiger partial charge in [0, 0.05) is 59.5 Å². The number of thioether (sulfide) groups is 2. The van der Waals surface area contributed by atoms with Crippen LogP contribution in [-0.2, 0) is 46.6 Å². The number of ether oxygens (including phenoxy) is 5. The Labute approximate surface area is 749 Å². The maximum absolute atomic E-state index is 12.5. The molecule has 0 radical (unpaired) electrons. The van der Waals surface area contributed by atoms with E-state index in [0.717, 1.165) is 50.3 Å². The highest BCUT2D eigenvalue weighted by molar-refractivity contribution is 7.99. The number of nitro benzene ring substituents is 1. The summed E-state index contributed by atoms with van der Waals surface area (Å²) in [6.07, 6.45) is 9.50. The summed E-state index contributed by atoms with van der Waals surface area (Å²) in [6.45, 7) is 6.53. The van der Waals surface area contributed by atoms with E-state index < -0.39 is 28.7 Å². The molecule has 37 nitrogen and oxygen atoms in total. The standard InChI is InChI=1S/C21H14N4O3S.C16H17N3O5.C16H14N2O2S.C15H16N2O3S.C11H12N2O4.C10H12N4O3/c26-18-11-13(14-5-1-2-6-15(14)22-18)12-29-21-23-19(16-7-3-9-27-16)20(24-25-21)17-8-4-10-28-17;1-22-13-6-5-11(8-14(13)23-2)16(21)17-10-15(20)19-18-9-12-4-3-7-24-12;19-13-8-6-11(7-9-13)10-14-15(20)18(16(21)17-14)12-4-2-1-3-5-12;1-19-13-6-4-12(5-7-13)10-21-11-15(18)17-16-9-14-3-2-8-20-14;14-13(15)9-3-1-8(2-4-9)11-10-5-16-6-12(10)7-17-11;1-4(10(15)16)11-8-7-9(13-5(2)12-8)17-6(3)14-7/h1-11H,12H2,(H,22,26);3-9H,10H2,1-2H3,(H,17,21)(H,19,20);1-9,14,19H,10H2,(H,17,21);2-9H,10-11H2,1H3,(H,17,18);1-4,10-11H,5-7H2;4H,1-3H3,(H,15,16)(H,11,12,13)/b;18-9+;;16-9+;;. The number of phenolic OH excluding ortho intramolecular Hbond substituents is 1. The monoisotopic (exact) mass is 1810 g/mol. The number of aromatic amines is 1. The molecule has 40 heteroatoms. The van der Waals surface area contributed by atoms with E-state index >= 15 is 0 Å². The normalized spacial score (nSPS) is 14.5. The molecule has 8 aromatic heterocycles. The molecular formula is C89H85N17O20S3. The van der Waals surface area contributed by atoms with Gasteiger partial charge in [-0.2, -0.15) is 15.2 Å². The number of hydrogen-bond acceptors (Lipinski definition) is 32. The molecule has 4 amide bonds. The Morgan fingerprint density at radius 1 is 0.705 bits per heavy atom. The SMILES string of the molecule is COc1ccc(C(=O)NCC(=O)N/N=C/c2ccco2)cc1OC.COc1ccc(CSCC(=O)N/N=C/c2ccco2)cc1.Cc1nc(NC(C)C(=O)O)c2nc(C)oc2n1.O=C1C(Cc2ccc(O)cc2)NC(=S)N1c1ccccc1.O=[N+]([O-])c1ccc(C2OCN3COCC23)cc1.O=c1cc(CSc2nnc(-c3ccco3)c(-c3ccco3)n2)c2ccccc2[nH]1. The molecule has 664 valence electrons. The van der Waals surface area contributed by atoms with E-state index in [2.05, 4.69) is 77.0 Å². The van der Waals surface area contributed by atoms with E-state index in [1.165, 1.54) is 86.5 Å². The summed E-state index contributed by atoms with van der Waals surface area (Å²) in [7, 11) is 4.62. The third kappa shape index (κ3) is 26.4. The summed E-state index contributed by atoms with van der Waals surface area (Å²) < 4.78 is 52.7. The van der Waals surface area contributed by atoms with Gasteiger partial charge < -0.3 is 76.9 Å². The number of rotatable bonds is 27. The van der Waals surface area contributed by atoms with E-state index in [1.807, 2.05) is 84.9 Å². The first-order chi connectivity index (χ1) is 62.6. The van der Waals surface area contributed by atoms with Crippen molar-refractivity contribution >= 4 is 122 Å². The highest BCUT2D eigenvalue weighted by atomic mass is 32.2. The van der Waals surface area contributed by atoms with Crippen molar-refractivity contribution in [1.29, 1.82) is 0 Å². The zero-order chi connectivity index (χ0) is 91.1. The van der Waals surface area contributed by atoms with E-state index in [4.69, 9.17) is 63.1 Å². The molecule has 17 rings (SSSR count). The van der Waals surface area contributed by atoms with Crippen LogP contribution in [0.1, 0.15) is 68.9 Å². The third-order valence-corrected chi connectivity index (χ3v) is 21.0. The number of carboxylic acid groups (broad SMARTS) is 1. The number of hydrogen-bond donors (Lipinski definition) is 8. The van der Waals surface area contributed by atoms with Crippen LogP contribution in [0, 0.1) is 24.0 Å². The summed E-state index contributed by atoms with van der Waals surface area (Å²) in [5, 5.41) is 55.0. The Morgan fingerprint density at radius 3 is 2.02 bits per heavy atom. The molecule has 6 aromatic carbocycles. The summed E-state index contributed by atoms with van der Waals surface area (Å²) >= 11 is 8.20. The van der Waals surface area contributed by atoms with Crippen molar-refractivity contribution in [2.45, 2.75) is 68.1 Å². The third-order valence-electron chi connectivity index (χ3n) is 18.8. The van der Waals surface area contributed by atoms with Crippen molar-refractivity contribution in [3.05, 3.63) is 297 Å². The van der Waals surface area contributed by atoms with Crippen LogP contribution in [-0.4, -0.2) is 174 Å². The number of carboxylic acids is 1. The molecule has 4 unspecified atom stereocenters. The van der Waals surface area contributed by atoms with Gasteiger partial charge in [-0.25, -0.2) is 30.7 Å². The maximum Gasteiger partial charge on any atom is 0.325 e. The summed E-state index contributed by atoms with van der Waals surface area (Å²) in [4.78, 5) is 104. The molecule has 0 aliphatic carbocycles. The summed E-state index contributed by atoms with van der Waals surface area (Å²) in [6, 6.07) is 57.7. The number of oxazole rings is 1. The first-order valence-electron chi connectivity index (χ1n) is 39.3. The number of para-hydroxylation sites is 2. The van der Waals surface area contributed by atoms with E-state index in [1.54, 1.807) is 137 Å². The quantitative estimate of drug-likeness (QED) is 0.00779. The van der Waals surface area contributed by atoms with E-state index in [-0.39, 0.29) is 53.5 Å². The molecule has 3 aliphatic heterocycles. The number of H-pyrrole nitrogens is 1. The lowest BCUT2D eigenvalue weighted by Crippen LogP contribution is -2.34. The second-order valence-corrected chi connectivity index (χ2v) is 30.1. The van der Waals surface area contributed by atoms with Crippen LogP contribution in [0.25, 0.3) is 45.0 Å². The minimum Gasteiger partial charge on any atom is -0.508 e. The van der Waals surface area contributed by atoms with Gasteiger partial charge >= 0.3 is 5.97 Å². The highest BCUT2D eigenvalue weighted by Gasteiger charge is 2.40. The van der Waals surface area contributed by atoms with Gasteiger partial charge in [0.2, 0.25) is 16.6 Å². The number of benzene rings is 6. The zero-order valence-corrected chi connectivity index (χ0v) is 72.3. The van der Waals surface area contributed by atoms with Crippen molar-refractivity contribution in [3.63, 3.8) is 0 Å². The van der Waals surface area contributed by atoms with Crippen LogP contribution in [0.2, 0.25) is 0 Å². The molecule has 3 fully saturated rings. The number of carbonyl (C=O) groups excluding carboxylic acids is 4. The number of non-ortho nitro benzene ring substituents is 1. The zero-order valence-electron chi connectivity index (χ0n) is 69.9. The minimum atomic E-state index is -0.963. The van der Waals surface area contributed by atoms with Gasteiger partial charge in [0.15, 0.2) is 51.1 Å². The Balaban J connectivity index is 0.000000142. The number of anilines is 2. The number of nitrogens with zero attached hydrogens (tertiary/aromatic N) is 11. The first kappa shape index (κ1) is 92.9. The lowest BCUT2D eigenvalue weighted by atomic mass is 10.0. The van der Waals surface area contributed by atoms with Gasteiger partial charge in [0.05, 0.1) is 94.4 Å². The molecule has 0 saturated carbocycles. The number of methoxy groups -OCH3 is 3.